The Kier molecular flexibility index (Phi) is 2.97. The maximum atomic E-state index is 11.4. The Morgan fingerprint density at radius 3 is 2.84 bits per heavy atom. The molecule has 5 nitrogen and oxygen atoms in total. The number of anilines is 1. The molecule has 102 valence electrons. The average molecular weight is 279 g/mol. The highest BCUT2D eigenvalue weighted by Crippen LogP contribution is 2.23. The van der Waals surface area contributed by atoms with E-state index in [-0.39, 0.29) is 0 Å². The van der Waals surface area contributed by atoms with Crippen LogP contribution in [0.1, 0.15) is 18.7 Å². The van der Waals surface area contributed by atoms with E-state index in [0.29, 0.717) is 17.4 Å². The smallest absolute Gasteiger partial charge is 0.150 e. The van der Waals surface area contributed by atoms with Crippen LogP contribution in [-0.2, 0) is 16.3 Å². The number of hydrogen-bond donors (Lipinski definition) is 1. The van der Waals surface area contributed by atoms with Gasteiger partial charge in [-0.3, -0.25) is 0 Å². The summed E-state index contributed by atoms with van der Waals surface area (Å²) in [5.74, 6) is 2.02. The SMILES string of the molecule is Nc1ccn2c(CC3CCS(=O)(=O)CC3)ncc2c1. The second kappa shape index (κ2) is 4.52. The zero-order valence-electron chi connectivity index (χ0n) is 10.6. The van der Waals surface area contributed by atoms with Gasteiger partial charge in [0.05, 0.1) is 23.2 Å². The minimum Gasteiger partial charge on any atom is -0.399 e. The van der Waals surface area contributed by atoms with Crippen molar-refractivity contribution in [2.24, 2.45) is 5.92 Å². The zero-order valence-corrected chi connectivity index (χ0v) is 11.4. The molecule has 0 amide bonds. The lowest BCUT2D eigenvalue weighted by molar-refractivity contribution is 0.453. The lowest BCUT2D eigenvalue weighted by Crippen LogP contribution is -2.25. The molecule has 0 bridgehead atoms. The first kappa shape index (κ1) is 12.5. The Morgan fingerprint density at radius 1 is 1.37 bits per heavy atom. The van der Waals surface area contributed by atoms with E-state index in [1.165, 1.54) is 0 Å². The molecule has 0 spiro atoms. The molecule has 0 unspecified atom stereocenters. The molecule has 1 saturated heterocycles. The largest absolute Gasteiger partial charge is 0.399 e. The predicted molar refractivity (Wildman–Crippen MR) is 74.7 cm³/mol. The topological polar surface area (TPSA) is 77.5 Å². The van der Waals surface area contributed by atoms with Crippen molar-refractivity contribution in [3.63, 3.8) is 0 Å². The van der Waals surface area contributed by atoms with Crippen LogP contribution in [0, 0.1) is 5.92 Å². The van der Waals surface area contributed by atoms with Gasteiger partial charge in [0.15, 0.2) is 0 Å². The third-order valence-electron chi connectivity index (χ3n) is 3.78. The van der Waals surface area contributed by atoms with Gasteiger partial charge in [-0.25, -0.2) is 13.4 Å². The van der Waals surface area contributed by atoms with E-state index in [2.05, 4.69) is 4.98 Å². The van der Waals surface area contributed by atoms with Gasteiger partial charge in [-0.1, -0.05) is 0 Å². The average Bonchev–Trinajstić information content (AvgIpc) is 2.74. The number of aromatic nitrogens is 2. The first-order valence-electron chi connectivity index (χ1n) is 6.45. The molecule has 0 atom stereocenters. The van der Waals surface area contributed by atoms with Crippen LogP contribution < -0.4 is 5.73 Å². The van der Waals surface area contributed by atoms with Crippen LogP contribution >= 0.6 is 0 Å². The lowest BCUT2D eigenvalue weighted by atomic mass is 9.98. The Hall–Kier alpha value is -1.56. The maximum Gasteiger partial charge on any atom is 0.150 e. The third-order valence-corrected chi connectivity index (χ3v) is 5.49. The van der Waals surface area contributed by atoms with Crippen molar-refractivity contribution < 1.29 is 8.42 Å². The molecule has 1 aliphatic rings. The van der Waals surface area contributed by atoms with Crippen LogP contribution in [0.5, 0.6) is 0 Å². The van der Waals surface area contributed by atoms with E-state index < -0.39 is 9.84 Å². The van der Waals surface area contributed by atoms with Crippen molar-refractivity contribution in [1.82, 2.24) is 9.38 Å². The highest BCUT2D eigenvalue weighted by molar-refractivity contribution is 7.91. The van der Waals surface area contributed by atoms with Gasteiger partial charge in [0, 0.05) is 18.3 Å². The number of hydrogen-bond acceptors (Lipinski definition) is 4. The molecule has 19 heavy (non-hydrogen) atoms. The first-order chi connectivity index (χ1) is 9.03. The molecule has 2 aromatic heterocycles. The maximum absolute atomic E-state index is 11.4. The van der Waals surface area contributed by atoms with Crippen molar-refractivity contribution in [2.45, 2.75) is 19.3 Å². The minimum atomic E-state index is -2.79. The number of fused-ring (bicyclic) bond motifs is 1. The van der Waals surface area contributed by atoms with E-state index in [0.717, 1.165) is 36.3 Å². The number of imidazole rings is 1. The van der Waals surface area contributed by atoms with Gasteiger partial charge < -0.3 is 10.1 Å². The van der Waals surface area contributed by atoms with E-state index in [1.54, 1.807) is 0 Å². The molecule has 3 rings (SSSR count). The lowest BCUT2D eigenvalue weighted by Gasteiger charge is -2.21. The summed E-state index contributed by atoms with van der Waals surface area (Å²) < 4.78 is 24.9. The second-order valence-corrected chi connectivity index (χ2v) is 7.53. The number of sulfone groups is 1. The summed E-state index contributed by atoms with van der Waals surface area (Å²) in [5, 5.41) is 0. The van der Waals surface area contributed by atoms with Crippen molar-refractivity contribution in [3.8, 4) is 0 Å². The molecule has 0 aliphatic carbocycles. The molecule has 2 N–H and O–H groups in total. The van der Waals surface area contributed by atoms with Gasteiger partial charge in [0.2, 0.25) is 0 Å². The van der Waals surface area contributed by atoms with Gasteiger partial charge in [-0.2, -0.15) is 0 Å². The molecule has 6 heteroatoms. The van der Waals surface area contributed by atoms with Gasteiger partial charge in [0.25, 0.3) is 0 Å². The summed E-state index contributed by atoms with van der Waals surface area (Å²) in [6.45, 7) is 0. The predicted octanol–water partition coefficient (Wildman–Crippen LogP) is 1.28. The molecule has 0 radical (unpaired) electrons. The zero-order chi connectivity index (χ0) is 13.5. The number of nitrogens with zero attached hydrogens (tertiary/aromatic N) is 2. The Balaban J connectivity index is 1.79. The first-order valence-corrected chi connectivity index (χ1v) is 8.27. The molecule has 1 aliphatic heterocycles. The van der Waals surface area contributed by atoms with Gasteiger partial charge >= 0.3 is 0 Å². The summed E-state index contributed by atoms with van der Waals surface area (Å²) in [6.07, 6.45) is 6.05. The van der Waals surface area contributed by atoms with Crippen molar-refractivity contribution >= 4 is 21.0 Å². The van der Waals surface area contributed by atoms with Crippen molar-refractivity contribution in [1.29, 1.82) is 0 Å². The summed E-state index contributed by atoms with van der Waals surface area (Å²) in [4.78, 5) is 4.42. The molecular formula is C13H17N3O2S. The molecule has 0 aromatic carbocycles. The van der Waals surface area contributed by atoms with Gasteiger partial charge in [0.1, 0.15) is 15.7 Å². The number of rotatable bonds is 2. The standard InChI is InChI=1S/C13H17N3O2S/c14-11-1-4-16-12(8-11)9-15-13(16)7-10-2-5-19(17,18)6-3-10/h1,4,8-10H,2-3,5-7,14H2. The van der Waals surface area contributed by atoms with Crippen LogP contribution in [-0.4, -0.2) is 29.3 Å². The van der Waals surface area contributed by atoms with E-state index in [1.807, 2.05) is 28.9 Å². The Morgan fingerprint density at radius 2 is 2.11 bits per heavy atom. The van der Waals surface area contributed by atoms with Crippen LogP contribution in [0.2, 0.25) is 0 Å². The van der Waals surface area contributed by atoms with Crippen LogP contribution in [0.3, 0.4) is 0 Å². The highest BCUT2D eigenvalue weighted by atomic mass is 32.2. The van der Waals surface area contributed by atoms with Crippen molar-refractivity contribution in [2.75, 3.05) is 17.2 Å². The van der Waals surface area contributed by atoms with E-state index in [9.17, 15) is 8.42 Å². The Bertz CT molecular complexity index is 692. The summed E-state index contributed by atoms with van der Waals surface area (Å²) in [6, 6.07) is 3.74. The minimum absolute atomic E-state index is 0.313. The molecule has 1 fully saturated rings. The molecule has 0 saturated carbocycles. The normalized spacial score (nSPS) is 19.8. The third kappa shape index (κ3) is 2.58. The summed E-state index contributed by atoms with van der Waals surface area (Å²) in [5.41, 5.74) is 7.45. The fourth-order valence-corrected chi connectivity index (χ4v) is 4.21. The number of nitrogens with two attached hydrogens (primary N) is 1. The van der Waals surface area contributed by atoms with E-state index >= 15 is 0 Å². The van der Waals surface area contributed by atoms with Crippen molar-refractivity contribution in [3.05, 3.63) is 30.4 Å². The molecule has 2 aromatic rings. The fourth-order valence-electron chi connectivity index (χ4n) is 2.62. The van der Waals surface area contributed by atoms with E-state index in [4.69, 9.17) is 5.73 Å². The van der Waals surface area contributed by atoms with Crippen LogP contribution in [0.4, 0.5) is 5.69 Å². The molecule has 3 heterocycles. The van der Waals surface area contributed by atoms with Crippen LogP contribution in [0.25, 0.3) is 5.52 Å². The monoisotopic (exact) mass is 279 g/mol. The fraction of sp³-hybridized carbons (Fsp3) is 0.462. The van der Waals surface area contributed by atoms with Crippen LogP contribution in [0.15, 0.2) is 24.5 Å². The quantitative estimate of drug-likeness (QED) is 0.898. The number of nitrogen functional groups attached to an aromatic ring is 1. The van der Waals surface area contributed by atoms with Gasteiger partial charge in [-0.05, 0) is 30.9 Å². The Labute approximate surface area is 112 Å². The summed E-state index contributed by atoms with van der Waals surface area (Å²) >= 11 is 0. The second-order valence-electron chi connectivity index (χ2n) is 5.23. The summed E-state index contributed by atoms with van der Waals surface area (Å²) in [7, 11) is -2.79. The highest BCUT2D eigenvalue weighted by Gasteiger charge is 2.24. The number of pyridine rings is 1. The van der Waals surface area contributed by atoms with Gasteiger partial charge in [-0.15, -0.1) is 0 Å². The molecular weight excluding hydrogens is 262 g/mol.